The van der Waals surface area contributed by atoms with Gasteiger partial charge in [0.25, 0.3) is 0 Å². The van der Waals surface area contributed by atoms with Gasteiger partial charge in [-0.1, -0.05) is 18.2 Å². The third kappa shape index (κ3) is 5.04. The van der Waals surface area contributed by atoms with Crippen LogP contribution in [0.3, 0.4) is 0 Å². The van der Waals surface area contributed by atoms with Crippen LogP contribution < -0.4 is 10.6 Å². The number of pyridine rings is 1. The molecule has 1 aromatic heterocycles. The van der Waals surface area contributed by atoms with E-state index < -0.39 is 11.8 Å². The van der Waals surface area contributed by atoms with E-state index in [1.165, 1.54) is 0 Å². The number of halogens is 1. The van der Waals surface area contributed by atoms with Crippen molar-refractivity contribution in [1.82, 2.24) is 4.98 Å². The summed E-state index contributed by atoms with van der Waals surface area (Å²) in [5.74, 6) is -1.35. The SMILES string of the molecule is Cc1ccc(COC2CN(c3cccc(COC(=O)CC(=N)N)c3F)C2)cn1. The third-order valence-corrected chi connectivity index (χ3v) is 4.43. The van der Waals surface area contributed by atoms with Gasteiger partial charge in [0.15, 0.2) is 5.82 Å². The van der Waals surface area contributed by atoms with Gasteiger partial charge in [-0.2, -0.15) is 0 Å². The molecule has 1 aliphatic heterocycles. The maximum absolute atomic E-state index is 14.7. The number of anilines is 1. The van der Waals surface area contributed by atoms with Crippen LogP contribution >= 0.6 is 0 Å². The smallest absolute Gasteiger partial charge is 0.313 e. The second-order valence-corrected chi connectivity index (χ2v) is 6.76. The van der Waals surface area contributed by atoms with Gasteiger partial charge in [0.1, 0.15) is 18.9 Å². The van der Waals surface area contributed by atoms with E-state index in [9.17, 15) is 9.18 Å². The standard InChI is InChI=1S/C20H23FN4O3/c1-13-5-6-14(8-24-13)11-27-16-9-25(10-16)17-4-2-3-15(20(17)21)12-28-19(26)7-18(22)23/h2-6,8,16H,7,9-12H2,1H3,(H3,22,23). The van der Waals surface area contributed by atoms with Crippen molar-refractivity contribution < 1.29 is 18.7 Å². The molecule has 0 aliphatic carbocycles. The Kier molecular flexibility index (Phi) is 6.20. The average Bonchev–Trinajstić information content (AvgIpc) is 2.61. The Morgan fingerprint density at radius 2 is 2.11 bits per heavy atom. The number of aromatic nitrogens is 1. The minimum atomic E-state index is -0.652. The number of nitrogens with one attached hydrogen (secondary N) is 1. The molecule has 2 aromatic rings. The van der Waals surface area contributed by atoms with Gasteiger partial charge in [-0.15, -0.1) is 0 Å². The number of benzene rings is 1. The number of esters is 1. The predicted octanol–water partition coefficient (Wildman–Crippen LogP) is 2.30. The van der Waals surface area contributed by atoms with Gasteiger partial charge in [-0.3, -0.25) is 15.2 Å². The Morgan fingerprint density at radius 3 is 2.79 bits per heavy atom. The highest BCUT2D eigenvalue weighted by Crippen LogP contribution is 2.28. The van der Waals surface area contributed by atoms with Crippen molar-refractivity contribution in [2.24, 2.45) is 5.73 Å². The van der Waals surface area contributed by atoms with E-state index in [0.717, 1.165) is 11.3 Å². The summed E-state index contributed by atoms with van der Waals surface area (Å²) in [5, 5.41) is 7.07. The van der Waals surface area contributed by atoms with Gasteiger partial charge >= 0.3 is 5.97 Å². The Morgan fingerprint density at radius 1 is 1.32 bits per heavy atom. The molecule has 0 amide bonds. The number of rotatable bonds is 8. The number of nitrogens with zero attached hydrogens (tertiary/aromatic N) is 2. The van der Waals surface area contributed by atoms with E-state index in [0.29, 0.717) is 25.4 Å². The molecule has 0 unspecified atom stereocenters. The van der Waals surface area contributed by atoms with E-state index in [1.807, 2.05) is 24.0 Å². The van der Waals surface area contributed by atoms with Crippen LogP contribution in [-0.2, 0) is 27.5 Å². The van der Waals surface area contributed by atoms with Gasteiger partial charge in [0, 0.05) is 30.5 Å². The summed E-state index contributed by atoms with van der Waals surface area (Å²) in [6.07, 6.45) is 1.52. The lowest BCUT2D eigenvalue weighted by atomic mass is 10.1. The molecule has 0 saturated carbocycles. The first kappa shape index (κ1) is 19.8. The maximum atomic E-state index is 14.7. The van der Waals surface area contributed by atoms with Gasteiger partial charge in [0.2, 0.25) is 0 Å². The highest BCUT2D eigenvalue weighted by Gasteiger charge is 2.30. The van der Waals surface area contributed by atoms with Crippen LogP contribution in [0.5, 0.6) is 0 Å². The van der Waals surface area contributed by atoms with Crippen molar-refractivity contribution in [3.05, 3.63) is 59.2 Å². The number of nitrogens with two attached hydrogens (primary N) is 1. The molecule has 1 aromatic carbocycles. The molecular weight excluding hydrogens is 363 g/mol. The lowest BCUT2D eigenvalue weighted by molar-refractivity contribution is -0.143. The molecule has 3 N–H and O–H groups in total. The van der Waals surface area contributed by atoms with Crippen LogP contribution in [0.2, 0.25) is 0 Å². The highest BCUT2D eigenvalue weighted by atomic mass is 19.1. The second-order valence-electron chi connectivity index (χ2n) is 6.76. The van der Waals surface area contributed by atoms with Crippen LogP contribution in [-0.4, -0.2) is 36.0 Å². The minimum absolute atomic E-state index is 0.0257. The molecule has 1 saturated heterocycles. The largest absolute Gasteiger partial charge is 0.460 e. The monoisotopic (exact) mass is 386 g/mol. The zero-order valence-electron chi connectivity index (χ0n) is 15.7. The molecule has 8 heteroatoms. The first-order valence-corrected chi connectivity index (χ1v) is 8.96. The number of amidine groups is 1. The van der Waals surface area contributed by atoms with Crippen molar-refractivity contribution >= 4 is 17.5 Å². The Balaban J connectivity index is 1.50. The minimum Gasteiger partial charge on any atom is -0.460 e. The molecule has 1 fully saturated rings. The van der Waals surface area contributed by atoms with E-state index >= 15 is 0 Å². The van der Waals surface area contributed by atoms with Crippen molar-refractivity contribution in [3.8, 4) is 0 Å². The molecule has 3 rings (SSSR count). The lowest BCUT2D eigenvalue weighted by Gasteiger charge is -2.41. The summed E-state index contributed by atoms with van der Waals surface area (Å²) in [5.41, 5.74) is 7.85. The Labute approximate surface area is 162 Å². The fourth-order valence-corrected chi connectivity index (χ4v) is 2.82. The van der Waals surface area contributed by atoms with Crippen LogP contribution in [0.1, 0.15) is 23.2 Å². The predicted molar refractivity (Wildman–Crippen MR) is 102 cm³/mol. The van der Waals surface area contributed by atoms with Crippen molar-refractivity contribution in [1.29, 1.82) is 5.41 Å². The zero-order valence-corrected chi connectivity index (χ0v) is 15.7. The summed E-state index contributed by atoms with van der Waals surface area (Å²) >= 11 is 0. The van der Waals surface area contributed by atoms with Crippen LogP contribution in [0.25, 0.3) is 0 Å². The quantitative estimate of drug-likeness (QED) is 0.410. The number of aryl methyl sites for hydroxylation is 1. The third-order valence-electron chi connectivity index (χ3n) is 4.43. The van der Waals surface area contributed by atoms with Gasteiger partial charge in [-0.25, -0.2) is 4.39 Å². The molecule has 7 nitrogen and oxygen atoms in total. The molecule has 1 aliphatic rings. The summed E-state index contributed by atoms with van der Waals surface area (Å²) in [6.45, 7) is 3.38. The Bertz CT molecular complexity index is 851. The van der Waals surface area contributed by atoms with Crippen molar-refractivity contribution in [3.63, 3.8) is 0 Å². The summed E-state index contributed by atoms with van der Waals surface area (Å²) in [4.78, 5) is 17.6. The number of carbonyl (C=O) groups is 1. The average molecular weight is 386 g/mol. The molecular formula is C20H23FN4O3. The summed E-state index contributed by atoms with van der Waals surface area (Å²) in [7, 11) is 0. The van der Waals surface area contributed by atoms with E-state index in [1.54, 1.807) is 24.4 Å². The van der Waals surface area contributed by atoms with Crippen LogP contribution in [0.15, 0.2) is 36.5 Å². The lowest BCUT2D eigenvalue weighted by Crippen LogP contribution is -2.52. The number of ether oxygens (including phenoxy) is 2. The van der Waals surface area contributed by atoms with Crippen molar-refractivity contribution in [2.45, 2.75) is 32.7 Å². The summed E-state index contributed by atoms with van der Waals surface area (Å²) in [6, 6.07) is 8.90. The zero-order chi connectivity index (χ0) is 20.1. The molecule has 0 bridgehead atoms. The number of hydrogen-bond acceptors (Lipinski definition) is 6. The molecule has 2 heterocycles. The van der Waals surface area contributed by atoms with Gasteiger partial charge < -0.3 is 20.1 Å². The molecule has 148 valence electrons. The normalized spacial score (nSPS) is 13.9. The van der Waals surface area contributed by atoms with Crippen LogP contribution in [0, 0.1) is 18.2 Å². The highest BCUT2D eigenvalue weighted by molar-refractivity contribution is 5.94. The second kappa shape index (κ2) is 8.79. The topological polar surface area (TPSA) is 102 Å². The van der Waals surface area contributed by atoms with E-state index in [4.69, 9.17) is 20.6 Å². The first-order chi connectivity index (χ1) is 13.4. The van der Waals surface area contributed by atoms with E-state index in [-0.39, 0.29) is 30.5 Å². The fourth-order valence-electron chi connectivity index (χ4n) is 2.82. The summed E-state index contributed by atoms with van der Waals surface area (Å²) < 4.78 is 25.5. The van der Waals surface area contributed by atoms with Gasteiger partial charge in [0.05, 0.1) is 18.4 Å². The first-order valence-electron chi connectivity index (χ1n) is 8.96. The molecule has 0 spiro atoms. The van der Waals surface area contributed by atoms with Gasteiger partial charge in [-0.05, 0) is 24.6 Å². The Hall–Kier alpha value is -3.00. The maximum Gasteiger partial charge on any atom is 0.313 e. The molecule has 0 atom stereocenters. The fraction of sp³-hybridized carbons (Fsp3) is 0.350. The number of hydrogen-bond donors (Lipinski definition) is 2. The number of carbonyl (C=O) groups excluding carboxylic acids is 1. The molecule has 0 radical (unpaired) electrons. The van der Waals surface area contributed by atoms with Crippen molar-refractivity contribution in [2.75, 3.05) is 18.0 Å². The van der Waals surface area contributed by atoms with Crippen LogP contribution in [0.4, 0.5) is 10.1 Å². The molecule has 28 heavy (non-hydrogen) atoms. The van der Waals surface area contributed by atoms with E-state index in [2.05, 4.69) is 4.98 Å².